The van der Waals surface area contributed by atoms with Crippen molar-refractivity contribution in [3.05, 3.63) is 96.8 Å². The Hall–Kier alpha value is -5.43. The summed E-state index contributed by atoms with van der Waals surface area (Å²) in [6, 6.07) is 28.2. The lowest BCUT2D eigenvalue weighted by atomic mass is 9.34. The number of aryl methyl sites for hydroxylation is 2. The maximum atomic E-state index is 6.82. The van der Waals surface area contributed by atoms with Gasteiger partial charge in [0.15, 0.2) is 16.9 Å². The molecule has 42 heavy (non-hydrogen) atoms. The zero-order chi connectivity index (χ0) is 27.7. The Morgan fingerprint density at radius 3 is 2.55 bits per heavy atom. The van der Waals surface area contributed by atoms with Crippen molar-refractivity contribution in [2.24, 2.45) is 7.05 Å². The molecule has 198 valence electrons. The summed E-state index contributed by atoms with van der Waals surface area (Å²) in [6.45, 7) is 2.14. The number of para-hydroxylation sites is 1. The van der Waals surface area contributed by atoms with Crippen LogP contribution >= 0.6 is 0 Å². The van der Waals surface area contributed by atoms with Gasteiger partial charge in [0.25, 0.3) is 12.5 Å². The molecule has 3 aromatic heterocycles. The van der Waals surface area contributed by atoms with Gasteiger partial charge in [-0.3, -0.25) is 0 Å². The van der Waals surface area contributed by atoms with Gasteiger partial charge in [-0.2, -0.15) is 0 Å². The number of aromatic nitrogens is 3. The van der Waals surface area contributed by atoms with Crippen LogP contribution in [-0.4, -0.2) is 16.7 Å². The normalized spacial score (nSPS) is 13.3. The van der Waals surface area contributed by atoms with E-state index >= 15 is 0 Å². The number of furan rings is 1. The van der Waals surface area contributed by atoms with Gasteiger partial charge in [-0.1, -0.05) is 54.6 Å². The molecule has 0 bridgehead atoms. The van der Waals surface area contributed by atoms with Crippen LogP contribution in [0, 0.1) is 6.92 Å². The second-order valence-electron chi connectivity index (χ2n) is 11.5. The van der Waals surface area contributed by atoms with Gasteiger partial charge in [0.1, 0.15) is 23.7 Å². The van der Waals surface area contributed by atoms with E-state index in [1.165, 1.54) is 21.7 Å². The Labute approximate surface area is 240 Å². The monoisotopic (exact) mass is 543 g/mol. The highest BCUT2D eigenvalue weighted by molar-refractivity contribution is 6.99. The van der Waals surface area contributed by atoms with Crippen LogP contribution in [0.25, 0.3) is 55.1 Å². The second-order valence-corrected chi connectivity index (χ2v) is 11.5. The van der Waals surface area contributed by atoms with Crippen molar-refractivity contribution < 1.29 is 13.7 Å². The zero-order valence-electron chi connectivity index (χ0n) is 23.0. The van der Waals surface area contributed by atoms with E-state index in [4.69, 9.17) is 9.15 Å². The highest BCUT2D eigenvalue weighted by Gasteiger charge is 2.40. The van der Waals surface area contributed by atoms with Crippen molar-refractivity contribution in [2.45, 2.75) is 6.92 Å². The molecule has 5 aromatic carbocycles. The summed E-state index contributed by atoms with van der Waals surface area (Å²) < 4.78 is 15.7. The second kappa shape index (κ2) is 7.65. The molecule has 0 saturated carbocycles. The lowest BCUT2D eigenvalue weighted by molar-refractivity contribution is -0.658. The minimum Gasteiger partial charge on any atom is -0.454 e. The van der Waals surface area contributed by atoms with Crippen molar-refractivity contribution in [3.63, 3.8) is 0 Å². The highest BCUT2D eigenvalue weighted by Crippen LogP contribution is 2.42. The number of aromatic amines is 2. The first-order valence-electron chi connectivity index (χ1n) is 14.3. The Kier molecular flexibility index (Phi) is 4.06. The number of H-pyrrole nitrogens is 2. The van der Waals surface area contributed by atoms with Crippen LogP contribution in [0.4, 0.5) is 11.4 Å². The molecule has 8 aromatic rings. The molecule has 0 atom stereocenters. The summed E-state index contributed by atoms with van der Waals surface area (Å²) >= 11 is 0. The first-order valence-corrected chi connectivity index (χ1v) is 14.3. The molecular weight excluding hydrogens is 519 g/mol. The van der Waals surface area contributed by atoms with Gasteiger partial charge in [-0.05, 0) is 53.1 Å². The van der Waals surface area contributed by atoms with Crippen LogP contribution in [0.15, 0.2) is 95.7 Å². The molecule has 10 rings (SSSR count). The van der Waals surface area contributed by atoms with Gasteiger partial charge in [-0.15, -0.1) is 0 Å². The summed E-state index contributed by atoms with van der Waals surface area (Å²) in [5, 5.41) is 8.30. The molecular formula is C35H24BN4O2+. The summed E-state index contributed by atoms with van der Waals surface area (Å²) in [6.07, 6.45) is 3.98. The van der Waals surface area contributed by atoms with E-state index in [9.17, 15) is 0 Å². The molecule has 2 aliphatic rings. The Morgan fingerprint density at radius 1 is 0.762 bits per heavy atom. The number of imidazole rings is 1. The number of nitrogens with zero attached hydrogens (tertiary/aromatic N) is 1. The largest absolute Gasteiger partial charge is 0.454 e. The first-order chi connectivity index (χ1) is 20.6. The SMILES string of the molecule is Cc1ccc2c(oc3c4c(ccc32)B2c3cc5c(cc3Nc3cccc(c32)O4)[nH]c2ccccc25)c1-c1[nH]cc[n+]1C. The maximum absolute atomic E-state index is 6.82. The minimum atomic E-state index is 0.00860. The Balaban J connectivity index is 1.27. The van der Waals surface area contributed by atoms with E-state index in [0.29, 0.717) is 0 Å². The average Bonchev–Trinajstić information content (AvgIpc) is 3.70. The van der Waals surface area contributed by atoms with Crippen molar-refractivity contribution in [3.8, 4) is 22.9 Å². The molecule has 5 heterocycles. The molecule has 0 unspecified atom stereocenters. The van der Waals surface area contributed by atoms with Crippen LogP contribution in [-0.2, 0) is 7.05 Å². The third-order valence-corrected chi connectivity index (χ3v) is 9.25. The fourth-order valence-corrected chi connectivity index (χ4v) is 7.31. The predicted molar refractivity (Wildman–Crippen MR) is 170 cm³/mol. The van der Waals surface area contributed by atoms with Gasteiger partial charge < -0.3 is 19.5 Å². The van der Waals surface area contributed by atoms with Crippen LogP contribution in [0.1, 0.15) is 5.56 Å². The van der Waals surface area contributed by atoms with E-state index in [-0.39, 0.29) is 6.71 Å². The van der Waals surface area contributed by atoms with Gasteiger partial charge in [0, 0.05) is 44.0 Å². The van der Waals surface area contributed by atoms with Crippen molar-refractivity contribution in [1.82, 2.24) is 9.97 Å². The van der Waals surface area contributed by atoms with E-state index < -0.39 is 0 Å². The van der Waals surface area contributed by atoms with Crippen LogP contribution < -0.4 is 31.0 Å². The van der Waals surface area contributed by atoms with Gasteiger partial charge in [0.2, 0.25) is 0 Å². The molecule has 6 nitrogen and oxygen atoms in total. The maximum Gasteiger partial charge on any atom is 0.290 e. The zero-order valence-corrected chi connectivity index (χ0v) is 23.0. The fourth-order valence-electron chi connectivity index (χ4n) is 7.31. The molecule has 0 saturated heterocycles. The molecule has 0 spiro atoms. The highest BCUT2D eigenvalue weighted by atomic mass is 16.5. The molecule has 0 aliphatic carbocycles. The van der Waals surface area contributed by atoms with Crippen LogP contribution in [0.3, 0.4) is 0 Å². The number of fused-ring (bicyclic) bond motifs is 11. The van der Waals surface area contributed by atoms with Gasteiger partial charge in [-0.25, -0.2) is 9.55 Å². The molecule has 2 aliphatic heterocycles. The smallest absolute Gasteiger partial charge is 0.290 e. The third kappa shape index (κ3) is 2.73. The van der Waals surface area contributed by atoms with Gasteiger partial charge >= 0.3 is 0 Å². The summed E-state index contributed by atoms with van der Waals surface area (Å²) in [5.41, 5.74) is 11.9. The summed E-state index contributed by atoms with van der Waals surface area (Å²) in [7, 11) is 2.05. The van der Waals surface area contributed by atoms with Crippen LogP contribution in [0.5, 0.6) is 11.5 Å². The molecule has 0 radical (unpaired) electrons. The number of rotatable bonds is 1. The summed E-state index contributed by atoms with van der Waals surface area (Å²) in [4.78, 5) is 7.01. The number of hydrogen-bond acceptors (Lipinski definition) is 3. The quantitative estimate of drug-likeness (QED) is 0.175. The Morgan fingerprint density at radius 2 is 1.64 bits per heavy atom. The standard InChI is InChI=1S/C35H23BN4O2/c1-18-10-11-20-21-12-13-23-34(33(21)42-32(20)30(18)35-37-14-15-40(35)2)41-29-9-5-8-26-31(29)36(23)24-16-22-19-6-3-4-7-25(19)38-27(22)17-28(24)39-26/h3-17,38-39H,1-2H3/p+1. The van der Waals surface area contributed by atoms with E-state index in [2.05, 4.69) is 106 Å². The number of anilines is 2. The lowest BCUT2D eigenvalue weighted by Crippen LogP contribution is -2.58. The fraction of sp³-hybridized carbons (Fsp3) is 0.0571. The Bertz CT molecular complexity index is 2470. The minimum absolute atomic E-state index is 0.00860. The summed E-state index contributed by atoms with van der Waals surface area (Å²) in [5.74, 6) is 2.67. The van der Waals surface area contributed by atoms with E-state index in [1.807, 2.05) is 19.4 Å². The van der Waals surface area contributed by atoms with Crippen molar-refractivity contribution in [1.29, 1.82) is 0 Å². The van der Waals surface area contributed by atoms with Crippen molar-refractivity contribution in [2.75, 3.05) is 5.32 Å². The molecule has 7 heteroatoms. The van der Waals surface area contributed by atoms with Crippen molar-refractivity contribution >= 4 is 78.2 Å². The average molecular weight is 543 g/mol. The van der Waals surface area contributed by atoms with Crippen LogP contribution in [0.2, 0.25) is 0 Å². The lowest BCUT2D eigenvalue weighted by Gasteiger charge is -2.33. The first kappa shape index (κ1) is 22.3. The number of benzene rings is 5. The molecule has 0 amide bonds. The number of nitrogens with one attached hydrogen (secondary N) is 3. The van der Waals surface area contributed by atoms with E-state index in [0.717, 1.165) is 78.3 Å². The van der Waals surface area contributed by atoms with Gasteiger partial charge in [0.05, 0.1) is 7.05 Å². The predicted octanol–water partition coefficient (Wildman–Crippen LogP) is 6.03. The third-order valence-electron chi connectivity index (χ3n) is 9.25. The van der Waals surface area contributed by atoms with E-state index in [1.54, 1.807) is 0 Å². The molecule has 0 fully saturated rings. The molecule has 3 N–H and O–H groups in total. The number of ether oxygens (including phenoxy) is 1. The topological polar surface area (TPSA) is 69.9 Å². The number of hydrogen-bond donors (Lipinski definition) is 3.